The zero-order valence-electron chi connectivity index (χ0n) is 22.5. The molecule has 2 aromatic heterocycles. The van der Waals surface area contributed by atoms with Crippen molar-refractivity contribution in [2.75, 3.05) is 31.1 Å². The number of hydrogen-bond acceptors (Lipinski definition) is 5. The molecule has 2 saturated heterocycles. The molecule has 0 aliphatic carbocycles. The molecule has 0 spiro atoms. The number of amides is 1. The maximum absolute atomic E-state index is 15.3. The van der Waals surface area contributed by atoms with E-state index < -0.39 is 11.2 Å². The van der Waals surface area contributed by atoms with Crippen LogP contribution in [0.15, 0.2) is 29.3 Å². The third kappa shape index (κ3) is 5.76. The lowest BCUT2D eigenvalue weighted by molar-refractivity contribution is 0.0791. The lowest BCUT2D eigenvalue weighted by Gasteiger charge is -2.21. The number of aryl methyl sites for hydroxylation is 1. The Morgan fingerprint density at radius 1 is 0.947 bits per heavy atom. The third-order valence-corrected chi connectivity index (χ3v) is 7.88. The van der Waals surface area contributed by atoms with Gasteiger partial charge in [0.05, 0.1) is 23.9 Å². The van der Waals surface area contributed by atoms with Crippen LogP contribution in [0.4, 0.5) is 10.1 Å². The van der Waals surface area contributed by atoms with Gasteiger partial charge in [0.1, 0.15) is 17.1 Å². The Labute approximate surface area is 223 Å². The highest BCUT2D eigenvalue weighted by molar-refractivity contribution is 5.98. The first-order valence-corrected chi connectivity index (χ1v) is 14.3. The van der Waals surface area contributed by atoms with Crippen molar-refractivity contribution >= 4 is 22.5 Å². The molecule has 0 unspecified atom stereocenters. The Balaban J connectivity index is 1.45. The number of anilines is 1. The van der Waals surface area contributed by atoms with Crippen LogP contribution in [0.5, 0.6) is 0 Å². The maximum atomic E-state index is 15.3. The van der Waals surface area contributed by atoms with Gasteiger partial charge in [0.25, 0.3) is 5.91 Å². The SMILES string of the molecule is CCCCCCCCn1cc(Cn2cc(C(=O)N3CCCC3)c(=O)c3cc(F)c(N4CCCC4)cc32)nn1. The standard InChI is InChI=1S/C29H39FN6O2/c1-2-3-4-5-6-7-16-36-20-22(31-32-36)19-35-21-24(29(38)34-14-10-11-15-34)28(37)23-17-25(30)27(18-26(23)35)33-12-8-9-13-33/h17-18,20-21H,2-16,19H2,1H3. The minimum Gasteiger partial charge on any atom is -0.369 e. The monoisotopic (exact) mass is 522 g/mol. The van der Waals surface area contributed by atoms with Gasteiger partial charge in [0.15, 0.2) is 0 Å². The summed E-state index contributed by atoms with van der Waals surface area (Å²) in [5, 5.41) is 8.91. The number of fused-ring (bicyclic) bond motifs is 1. The molecular weight excluding hydrogens is 483 g/mol. The molecule has 4 heterocycles. The number of carbonyl (C=O) groups is 1. The molecule has 0 N–H and O–H groups in total. The van der Waals surface area contributed by atoms with Crippen LogP contribution in [0.25, 0.3) is 10.9 Å². The summed E-state index contributed by atoms with van der Waals surface area (Å²) in [6.07, 6.45) is 14.8. The molecule has 9 heteroatoms. The van der Waals surface area contributed by atoms with Crippen molar-refractivity contribution in [1.82, 2.24) is 24.5 Å². The number of hydrogen-bond donors (Lipinski definition) is 0. The average molecular weight is 523 g/mol. The van der Waals surface area contributed by atoms with Crippen LogP contribution in [0.1, 0.15) is 87.2 Å². The van der Waals surface area contributed by atoms with E-state index in [1.807, 2.05) is 20.3 Å². The van der Waals surface area contributed by atoms with E-state index in [2.05, 4.69) is 17.2 Å². The summed E-state index contributed by atoms with van der Waals surface area (Å²) in [6, 6.07) is 3.08. The molecule has 0 atom stereocenters. The summed E-state index contributed by atoms with van der Waals surface area (Å²) < 4.78 is 19.0. The largest absolute Gasteiger partial charge is 0.369 e. The first kappa shape index (κ1) is 26.4. The van der Waals surface area contributed by atoms with E-state index in [1.54, 1.807) is 17.2 Å². The third-order valence-electron chi connectivity index (χ3n) is 7.88. The molecule has 1 aromatic carbocycles. The predicted octanol–water partition coefficient (Wildman–Crippen LogP) is 4.98. The second kappa shape index (κ2) is 12.1. The number of pyridine rings is 1. The highest BCUT2D eigenvalue weighted by atomic mass is 19.1. The molecule has 8 nitrogen and oxygen atoms in total. The molecular formula is C29H39FN6O2. The Bertz CT molecular complexity index is 1320. The number of halogens is 1. The number of unbranched alkanes of at least 4 members (excludes halogenated alkanes) is 5. The van der Waals surface area contributed by atoms with Gasteiger partial charge in [0, 0.05) is 44.3 Å². The number of aromatic nitrogens is 4. The highest BCUT2D eigenvalue weighted by Gasteiger charge is 2.25. The normalized spacial score (nSPS) is 15.7. The number of rotatable bonds is 11. The summed E-state index contributed by atoms with van der Waals surface area (Å²) in [6.45, 7) is 6.26. The van der Waals surface area contributed by atoms with Gasteiger partial charge in [0.2, 0.25) is 5.43 Å². The fourth-order valence-electron chi connectivity index (χ4n) is 5.72. The predicted molar refractivity (Wildman–Crippen MR) is 147 cm³/mol. The Hall–Kier alpha value is -3.23. The van der Waals surface area contributed by atoms with Crippen molar-refractivity contribution in [3.05, 3.63) is 51.8 Å². The molecule has 38 heavy (non-hydrogen) atoms. The number of nitrogens with zero attached hydrogens (tertiary/aromatic N) is 6. The van der Waals surface area contributed by atoms with Crippen LogP contribution in [0.3, 0.4) is 0 Å². The average Bonchev–Trinajstić information content (AvgIpc) is 3.71. The van der Waals surface area contributed by atoms with E-state index >= 15 is 4.39 Å². The van der Waals surface area contributed by atoms with Crippen molar-refractivity contribution in [3.8, 4) is 0 Å². The van der Waals surface area contributed by atoms with Gasteiger partial charge < -0.3 is 14.4 Å². The summed E-state index contributed by atoms with van der Waals surface area (Å²) in [5.41, 5.74) is 1.54. The second-order valence-electron chi connectivity index (χ2n) is 10.8. The highest BCUT2D eigenvalue weighted by Crippen LogP contribution is 2.28. The summed E-state index contributed by atoms with van der Waals surface area (Å²) in [4.78, 5) is 30.5. The Kier molecular flexibility index (Phi) is 8.39. The molecule has 2 aliphatic rings. The van der Waals surface area contributed by atoms with E-state index in [0.717, 1.165) is 57.4 Å². The number of carbonyl (C=O) groups excluding carboxylic acids is 1. The first-order chi connectivity index (χ1) is 18.5. The summed E-state index contributed by atoms with van der Waals surface area (Å²) in [7, 11) is 0. The fourth-order valence-corrected chi connectivity index (χ4v) is 5.72. The minimum absolute atomic E-state index is 0.0900. The van der Waals surface area contributed by atoms with Crippen molar-refractivity contribution in [3.63, 3.8) is 0 Å². The minimum atomic E-state index is -0.418. The van der Waals surface area contributed by atoms with Gasteiger partial charge in [-0.25, -0.2) is 4.39 Å². The molecule has 0 radical (unpaired) electrons. The van der Waals surface area contributed by atoms with Gasteiger partial charge in [-0.15, -0.1) is 5.10 Å². The van der Waals surface area contributed by atoms with Crippen LogP contribution >= 0.6 is 0 Å². The molecule has 0 saturated carbocycles. The van der Waals surface area contributed by atoms with Crippen LogP contribution in [-0.4, -0.2) is 56.5 Å². The summed E-state index contributed by atoms with van der Waals surface area (Å²) >= 11 is 0. The van der Waals surface area contributed by atoms with Crippen LogP contribution in [0.2, 0.25) is 0 Å². The van der Waals surface area contributed by atoms with E-state index in [4.69, 9.17) is 0 Å². The van der Waals surface area contributed by atoms with Gasteiger partial charge in [-0.2, -0.15) is 0 Å². The van der Waals surface area contributed by atoms with Gasteiger partial charge >= 0.3 is 0 Å². The molecule has 204 valence electrons. The number of likely N-dealkylation sites (tertiary alicyclic amines) is 1. The number of benzene rings is 1. The van der Waals surface area contributed by atoms with Gasteiger partial charge in [-0.1, -0.05) is 44.2 Å². The zero-order chi connectivity index (χ0) is 26.5. The molecule has 1 amide bonds. The fraction of sp³-hybridized carbons (Fsp3) is 0.586. The first-order valence-electron chi connectivity index (χ1n) is 14.3. The van der Waals surface area contributed by atoms with Crippen molar-refractivity contribution in [2.24, 2.45) is 0 Å². The second-order valence-corrected chi connectivity index (χ2v) is 10.8. The van der Waals surface area contributed by atoms with Crippen LogP contribution in [-0.2, 0) is 13.1 Å². The van der Waals surface area contributed by atoms with E-state index in [9.17, 15) is 9.59 Å². The molecule has 0 bridgehead atoms. The van der Waals surface area contributed by atoms with Gasteiger partial charge in [-0.05, 0) is 44.2 Å². The molecule has 5 rings (SSSR count). The van der Waals surface area contributed by atoms with Gasteiger partial charge in [-0.3, -0.25) is 14.3 Å². The Morgan fingerprint density at radius 2 is 1.66 bits per heavy atom. The van der Waals surface area contributed by atoms with E-state index in [0.29, 0.717) is 30.8 Å². The molecule has 2 fully saturated rings. The smallest absolute Gasteiger partial charge is 0.259 e. The van der Waals surface area contributed by atoms with E-state index in [1.165, 1.54) is 38.2 Å². The summed E-state index contributed by atoms with van der Waals surface area (Å²) in [5.74, 6) is -0.697. The quantitative estimate of drug-likeness (QED) is 0.332. The Morgan fingerprint density at radius 3 is 2.42 bits per heavy atom. The molecule has 3 aromatic rings. The van der Waals surface area contributed by atoms with Crippen molar-refractivity contribution in [2.45, 2.75) is 84.2 Å². The topological polar surface area (TPSA) is 76.3 Å². The zero-order valence-corrected chi connectivity index (χ0v) is 22.5. The van der Waals surface area contributed by atoms with Crippen molar-refractivity contribution in [1.29, 1.82) is 0 Å². The molecule has 2 aliphatic heterocycles. The van der Waals surface area contributed by atoms with E-state index in [-0.39, 0.29) is 16.9 Å². The van der Waals surface area contributed by atoms with Crippen LogP contribution in [0, 0.1) is 5.82 Å². The lowest BCUT2D eigenvalue weighted by atomic mass is 10.1. The van der Waals surface area contributed by atoms with Crippen LogP contribution < -0.4 is 10.3 Å². The maximum Gasteiger partial charge on any atom is 0.259 e. The lowest BCUT2D eigenvalue weighted by Crippen LogP contribution is -2.33. The van der Waals surface area contributed by atoms with Crippen molar-refractivity contribution < 1.29 is 9.18 Å².